The minimum Gasteiger partial charge on any atom is -0.374 e. The highest BCUT2D eigenvalue weighted by Gasteiger charge is 2.39. The quantitative estimate of drug-likeness (QED) is 0.227. The van der Waals surface area contributed by atoms with Gasteiger partial charge in [-0.1, -0.05) is 51.4 Å². The van der Waals surface area contributed by atoms with Crippen molar-refractivity contribution < 1.29 is 17.7 Å². The molecule has 0 aliphatic heterocycles. The molecular weight excluding hydrogens is 311 g/mol. The van der Waals surface area contributed by atoms with Gasteiger partial charge in [0.05, 0.1) is 6.67 Å². The molecule has 0 rings (SSSR count). The van der Waals surface area contributed by atoms with E-state index >= 15 is 0 Å². The Morgan fingerprint density at radius 1 is 0.565 bits per heavy atom. The summed E-state index contributed by atoms with van der Waals surface area (Å²) in [4.78, 5) is 0. The maximum atomic E-state index is 11.9. The van der Waals surface area contributed by atoms with Gasteiger partial charge >= 0.3 is 8.80 Å². The van der Waals surface area contributed by atoms with Crippen molar-refractivity contribution in [3.63, 3.8) is 0 Å². The first-order chi connectivity index (χ1) is 11.2. The molecule has 0 atom stereocenters. The molecule has 3 nitrogen and oxygen atoms in total. The van der Waals surface area contributed by atoms with Crippen LogP contribution in [0, 0.1) is 0 Å². The molecule has 0 aliphatic rings. The Morgan fingerprint density at radius 3 is 1.26 bits per heavy atom. The zero-order valence-corrected chi connectivity index (χ0v) is 16.7. The molecule has 23 heavy (non-hydrogen) atoms. The highest BCUT2D eigenvalue weighted by atomic mass is 28.4. The van der Waals surface area contributed by atoms with Crippen LogP contribution in [0.15, 0.2) is 0 Å². The van der Waals surface area contributed by atoms with E-state index in [0.29, 0.717) is 19.8 Å². The smallest absolute Gasteiger partial charge is 0.374 e. The van der Waals surface area contributed by atoms with Crippen molar-refractivity contribution >= 4 is 8.80 Å². The predicted octanol–water partition coefficient (Wildman–Crippen LogP) is 5.91. The largest absolute Gasteiger partial charge is 0.500 e. The standard InChI is InChI=1S/C18H39FO3Si/c1-4-20-23(21-5-2,22-6-3)18-16-14-12-10-8-7-9-11-13-15-17-19/h4-18H2,1-3H3. The Balaban J connectivity index is 3.65. The van der Waals surface area contributed by atoms with E-state index in [1.165, 1.54) is 44.9 Å². The van der Waals surface area contributed by atoms with Crippen molar-refractivity contribution in [2.75, 3.05) is 26.5 Å². The summed E-state index contributed by atoms with van der Waals surface area (Å²) in [5.74, 6) is 0. The Kier molecular flexibility index (Phi) is 16.9. The molecule has 0 heterocycles. The lowest BCUT2D eigenvalue weighted by Crippen LogP contribution is -2.45. The molecule has 0 aromatic carbocycles. The van der Waals surface area contributed by atoms with Gasteiger partial charge in [0.2, 0.25) is 0 Å². The van der Waals surface area contributed by atoms with E-state index in [4.69, 9.17) is 13.3 Å². The molecule has 0 saturated heterocycles. The van der Waals surface area contributed by atoms with Gasteiger partial charge in [-0.2, -0.15) is 0 Å². The van der Waals surface area contributed by atoms with E-state index in [-0.39, 0.29) is 6.67 Å². The molecule has 0 saturated carbocycles. The van der Waals surface area contributed by atoms with Crippen LogP contribution in [-0.4, -0.2) is 35.3 Å². The van der Waals surface area contributed by atoms with Gasteiger partial charge < -0.3 is 13.3 Å². The van der Waals surface area contributed by atoms with E-state index in [1.807, 2.05) is 20.8 Å². The lowest BCUT2D eigenvalue weighted by Gasteiger charge is -2.28. The van der Waals surface area contributed by atoms with Crippen molar-refractivity contribution in [2.24, 2.45) is 0 Å². The van der Waals surface area contributed by atoms with Crippen LogP contribution in [-0.2, 0) is 13.3 Å². The Labute approximate surface area is 144 Å². The van der Waals surface area contributed by atoms with Gasteiger partial charge in [-0.05, 0) is 33.6 Å². The second kappa shape index (κ2) is 16.9. The van der Waals surface area contributed by atoms with Gasteiger partial charge in [0.25, 0.3) is 0 Å². The van der Waals surface area contributed by atoms with Gasteiger partial charge in [-0.3, -0.25) is 4.39 Å². The molecule has 0 amide bonds. The first kappa shape index (κ1) is 23.0. The Morgan fingerprint density at radius 2 is 0.913 bits per heavy atom. The summed E-state index contributed by atoms with van der Waals surface area (Å²) in [6.45, 7) is 7.85. The Hall–Kier alpha value is 0.0269. The normalized spacial score (nSPS) is 12.0. The summed E-state index contributed by atoms with van der Waals surface area (Å²) in [7, 11) is -2.42. The fourth-order valence-electron chi connectivity index (χ4n) is 2.85. The summed E-state index contributed by atoms with van der Waals surface area (Å²) in [6, 6.07) is 0.936. The molecule has 140 valence electrons. The van der Waals surface area contributed by atoms with Gasteiger partial charge in [-0.15, -0.1) is 0 Å². The van der Waals surface area contributed by atoms with Crippen molar-refractivity contribution in [1.82, 2.24) is 0 Å². The van der Waals surface area contributed by atoms with E-state index in [1.54, 1.807) is 0 Å². The van der Waals surface area contributed by atoms with Crippen LogP contribution in [0.2, 0.25) is 6.04 Å². The van der Waals surface area contributed by atoms with Crippen LogP contribution in [0.1, 0.15) is 85.0 Å². The highest BCUT2D eigenvalue weighted by molar-refractivity contribution is 6.60. The number of alkyl halides is 1. The van der Waals surface area contributed by atoms with Crippen LogP contribution >= 0.6 is 0 Å². The average molecular weight is 351 g/mol. The van der Waals surface area contributed by atoms with Crippen molar-refractivity contribution in [3.8, 4) is 0 Å². The summed E-state index contributed by atoms with van der Waals surface area (Å²) in [6.07, 6.45) is 11.8. The molecule has 0 unspecified atom stereocenters. The topological polar surface area (TPSA) is 27.7 Å². The predicted molar refractivity (Wildman–Crippen MR) is 97.6 cm³/mol. The number of halogens is 1. The third-order valence-electron chi connectivity index (χ3n) is 3.96. The molecule has 0 aromatic rings. The number of hydrogen-bond acceptors (Lipinski definition) is 3. The average Bonchev–Trinajstić information content (AvgIpc) is 2.53. The van der Waals surface area contributed by atoms with Crippen LogP contribution in [0.4, 0.5) is 4.39 Å². The van der Waals surface area contributed by atoms with Gasteiger partial charge in [0.15, 0.2) is 0 Å². The molecular formula is C18H39FO3Si. The number of unbranched alkanes of at least 4 members (excludes halogenated alkanes) is 9. The number of hydrogen-bond donors (Lipinski definition) is 0. The second-order valence-electron chi connectivity index (χ2n) is 5.96. The van der Waals surface area contributed by atoms with E-state index in [2.05, 4.69) is 0 Å². The highest BCUT2D eigenvalue weighted by Crippen LogP contribution is 2.21. The van der Waals surface area contributed by atoms with Gasteiger partial charge in [0.1, 0.15) is 0 Å². The maximum Gasteiger partial charge on any atom is 0.500 e. The van der Waals surface area contributed by atoms with Crippen LogP contribution in [0.25, 0.3) is 0 Å². The lowest BCUT2D eigenvalue weighted by atomic mass is 10.1. The van der Waals surface area contributed by atoms with Crippen LogP contribution < -0.4 is 0 Å². The molecule has 0 bridgehead atoms. The first-order valence-corrected chi connectivity index (χ1v) is 11.7. The third-order valence-corrected chi connectivity index (χ3v) is 7.11. The van der Waals surface area contributed by atoms with E-state index in [0.717, 1.165) is 25.3 Å². The minimum absolute atomic E-state index is 0.157. The molecule has 5 heteroatoms. The first-order valence-electron chi connectivity index (χ1n) is 9.72. The van der Waals surface area contributed by atoms with Gasteiger partial charge in [0, 0.05) is 25.9 Å². The summed E-state index contributed by atoms with van der Waals surface area (Å²) in [5, 5.41) is 0. The van der Waals surface area contributed by atoms with Crippen molar-refractivity contribution in [1.29, 1.82) is 0 Å². The van der Waals surface area contributed by atoms with Crippen molar-refractivity contribution in [3.05, 3.63) is 0 Å². The monoisotopic (exact) mass is 350 g/mol. The Bertz CT molecular complexity index is 225. The molecule has 0 radical (unpaired) electrons. The molecule has 0 fully saturated rings. The summed E-state index contributed by atoms with van der Waals surface area (Å²) < 4.78 is 29.6. The maximum absolute atomic E-state index is 11.9. The minimum atomic E-state index is -2.42. The van der Waals surface area contributed by atoms with E-state index < -0.39 is 8.80 Å². The SMILES string of the molecule is CCO[Si](CCCCCCCCCCCCF)(OCC)OCC. The molecule has 0 N–H and O–H groups in total. The van der Waals surface area contributed by atoms with Gasteiger partial charge in [-0.25, -0.2) is 0 Å². The van der Waals surface area contributed by atoms with E-state index in [9.17, 15) is 4.39 Å². The fourth-order valence-corrected chi connectivity index (χ4v) is 5.54. The second-order valence-corrected chi connectivity index (χ2v) is 8.69. The van der Waals surface area contributed by atoms with Crippen molar-refractivity contribution in [2.45, 2.75) is 91.0 Å². The van der Waals surface area contributed by atoms with Crippen LogP contribution in [0.3, 0.4) is 0 Å². The summed E-state index contributed by atoms with van der Waals surface area (Å²) >= 11 is 0. The van der Waals surface area contributed by atoms with Crippen LogP contribution in [0.5, 0.6) is 0 Å². The summed E-state index contributed by atoms with van der Waals surface area (Å²) in [5.41, 5.74) is 0. The fraction of sp³-hybridized carbons (Fsp3) is 1.00. The number of rotatable bonds is 18. The lowest BCUT2D eigenvalue weighted by molar-refractivity contribution is 0.0706. The molecule has 0 spiro atoms. The zero-order chi connectivity index (χ0) is 17.2. The zero-order valence-electron chi connectivity index (χ0n) is 15.7. The third kappa shape index (κ3) is 13.0. The molecule has 0 aromatic heterocycles. The molecule has 0 aliphatic carbocycles.